The van der Waals surface area contributed by atoms with E-state index in [2.05, 4.69) is 0 Å². The molecule has 0 aromatic carbocycles. The molecule has 0 fully saturated rings. The lowest BCUT2D eigenvalue weighted by Gasteiger charge is -1.94. The van der Waals surface area contributed by atoms with Gasteiger partial charge >= 0.3 is 0 Å². The summed E-state index contributed by atoms with van der Waals surface area (Å²) < 4.78 is 4.89. The fourth-order valence-electron chi connectivity index (χ4n) is 1.00. The van der Waals surface area contributed by atoms with Crippen LogP contribution in [0.15, 0.2) is 35.1 Å². The molecule has 2 nitrogen and oxygen atoms in total. The summed E-state index contributed by atoms with van der Waals surface area (Å²) in [5, 5.41) is 9.17. The van der Waals surface area contributed by atoms with Crippen LogP contribution in [0.4, 0.5) is 0 Å². The van der Waals surface area contributed by atoms with E-state index in [1.165, 1.54) is 0 Å². The van der Waals surface area contributed by atoms with E-state index < -0.39 is 0 Å². The van der Waals surface area contributed by atoms with E-state index in [4.69, 9.17) is 9.52 Å². The average molecular weight is 134 g/mol. The second-order valence-electron chi connectivity index (χ2n) is 2.14. The third-order valence-electron chi connectivity index (χ3n) is 1.52. The fraction of sp³-hybridized carbons (Fsp3) is 0. The van der Waals surface area contributed by atoms with Crippen LogP contribution in [0.3, 0.4) is 0 Å². The molecule has 2 rings (SSSR count). The first-order valence-corrected chi connectivity index (χ1v) is 3.02. The van der Waals surface area contributed by atoms with E-state index in [9.17, 15) is 0 Å². The highest BCUT2D eigenvalue weighted by molar-refractivity contribution is 5.72. The summed E-state index contributed by atoms with van der Waals surface area (Å²) in [4.78, 5) is 0. The second-order valence-corrected chi connectivity index (χ2v) is 2.14. The van der Waals surface area contributed by atoms with Gasteiger partial charge in [0.1, 0.15) is 5.75 Å². The first kappa shape index (κ1) is 5.35. The molecule has 1 aliphatic heterocycles. The van der Waals surface area contributed by atoms with Gasteiger partial charge in [-0.15, -0.1) is 0 Å². The van der Waals surface area contributed by atoms with Gasteiger partial charge in [-0.05, 0) is 18.2 Å². The minimum absolute atomic E-state index is 0.311. The normalized spacial score (nSPS) is 10.4. The van der Waals surface area contributed by atoms with E-state index in [1.807, 2.05) is 6.07 Å². The monoisotopic (exact) mass is 134 g/mol. The molecule has 0 atom stereocenters. The molecule has 0 spiro atoms. The maximum Gasteiger partial charge on any atom is 0.123 e. The molecule has 0 aromatic heterocycles. The summed E-state index contributed by atoms with van der Waals surface area (Å²) in [5.74, 6) is 0.311. The van der Waals surface area contributed by atoms with E-state index in [0.29, 0.717) is 5.75 Å². The molecule has 2 aliphatic rings. The molecule has 1 N–H and O–H groups in total. The zero-order valence-corrected chi connectivity index (χ0v) is 5.24. The minimum atomic E-state index is 0.311. The van der Waals surface area contributed by atoms with Crippen molar-refractivity contribution in [3.05, 3.63) is 30.7 Å². The summed E-state index contributed by atoms with van der Waals surface area (Å²) in [6, 6.07) is 5.21. The van der Waals surface area contributed by atoms with Crippen molar-refractivity contribution in [1.82, 2.24) is 0 Å². The summed E-state index contributed by atoms with van der Waals surface area (Å²) >= 11 is 0. The van der Waals surface area contributed by atoms with Crippen molar-refractivity contribution < 1.29 is 9.52 Å². The van der Waals surface area contributed by atoms with E-state index in [1.54, 1.807) is 24.7 Å². The van der Waals surface area contributed by atoms with Crippen LogP contribution in [0.5, 0.6) is 5.75 Å². The van der Waals surface area contributed by atoms with Crippen LogP contribution < -0.4 is 0 Å². The Hall–Kier alpha value is -1.44. The Bertz CT molecular complexity index is 311. The maximum absolute atomic E-state index is 9.17. The molecule has 1 aliphatic carbocycles. The predicted octanol–water partition coefficient (Wildman–Crippen LogP) is 2.09. The van der Waals surface area contributed by atoms with E-state index in [-0.39, 0.29) is 0 Å². The highest BCUT2D eigenvalue weighted by Crippen LogP contribution is 2.31. The van der Waals surface area contributed by atoms with Crippen LogP contribution in [0.25, 0.3) is 11.1 Å². The lowest BCUT2D eigenvalue weighted by Crippen LogP contribution is -1.69. The van der Waals surface area contributed by atoms with E-state index >= 15 is 0 Å². The topological polar surface area (TPSA) is 33.4 Å². The van der Waals surface area contributed by atoms with Crippen molar-refractivity contribution in [1.29, 1.82) is 0 Å². The van der Waals surface area contributed by atoms with Gasteiger partial charge in [0, 0.05) is 11.1 Å². The molecule has 10 heavy (non-hydrogen) atoms. The van der Waals surface area contributed by atoms with Crippen molar-refractivity contribution in [2.24, 2.45) is 0 Å². The van der Waals surface area contributed by atoms with Gasteiger partial charge in [0.15, 0.2) is 0 Å². The summed E-state index contributed by atoms with van der Waals surface area (Å²) in [6.45, 7) is 0. The molecule has 1 heterocycles. The highest BCUT2D eigenvalue weighted by Gasteiger charge is 2.06. The van der Waals surface area contributed by atoms with Crippen LogP contribution in [0, 0.1) is 0 Å². The van der Waals surface area contributed by atoms with Crippen LogP contribution in [-0.4, -0.2) is 5.11 Å². The maximum atomic E-state index is 9.17. The Kier molecular flexibility index (Phi) is 0.947. The Morgan fingerprint density at radius 2 is 2.10 bits per heavy atom. The first-order chi connectivity index (χ1) is 4.88. The third kappa shape index (κ3) is 0.589. The van der Waals surface area contributed by atoms with Crippen molar-refractivity contribution in [3.8, 4) is 16.9 Å². The Morgan fingerprint density at radius 3 is 2.90 bits per heavy atom. The molecule has 0 unspecified atom stereocenters. The summed E-state index contributed by atoms with van der Waals surface area (Å²) in [6.07, 6.45) is 3.15. The molecule has 0 amide bonds. The lowest BCUT2D eigenvalue weighted by atomic mass is 10.2. The van der Waals surface area contributed by atoms with Crippen LogP contribution in [-0.2, 0) is 0 Å². The SMILES string of the molecule is Oc1ccc2coccc1-2. The van der Waals surface area contributed by atoms with Crippen LogP contribution in [0.1, 0.15) is 0 Å². The molecule has 2 heteroatoms. The zero-order valence-electron chi connectivity index (χ0n) is 5.24. The van der Waals surface area contributed by atoms with Crippen molar-refractivity contribution >= 4 is 0 Å². The quantitative estimate of drug-likeness (QED) is 0.598. The number of aromatic hydroxyl groups is 1. The Balaban J connectivity index is 2.78. The van der Waals surface area contributed by atoms with Gasteiger partial charge < -0.3 is 9.52 Å². The minimum Gasteiger partial charge on any atom is -0.507 e. The van der Waals surface area contributed by atoms with Crippen LogP contribution >= 0.6 is 0 Å². The molecular weight excluding hydrogens is 128 g/mol. The van der Waals surface area contributed by atoms with Crippen molar-refractivity contribution in [3.63, 3.8) is 0 Å². The highest BCUT2D eigenvalue weighted by atomic mass is 16.3. The average Bonchev–Trinajstić information content (AvgIpc) is 2.34. The van der Waals surface area contributed by atoms with Crippen molar-refractivity contribution in [2.75, 3.05) is 0 Å². The first-order valence-electron chi connectivity index (χ1n) is 3.02. The molecule has 0 aromatic rings. The molecular formula is C8H6O2. The second kappa shape index (κ2) is 1.77. The van der Waals surface area contributed by atoms with Gasteiger partial charge in [0.05, 0.1) is 12.5 Å². The summed E-state index contributed by atoms with van der Waals surface area (Å²) in [7, 11) is 0. The fourth-order valence-corrected chi connectivity index (χ4v) is 1.00. The number of hydrogen-bond acceptors (Lipinski definition) is 2. The number of rotatable bonds is 0. The number of fused-ring (bicyclic) bond motifs is 1. The molecule has 50 valence electrons. The zero-order chi connectivity index (χ0) is 6.97. The van der Waals surface area contributed by atoms with Gasteiger partial charge in [-0.2, -0.15) is 0 Å². The smallest absolute Gasteiger partial charge is 0.123 e. The Morgan fingerprint density at radius 1 is 1.20 bits per heavy atom. The standard InChI is InChI=1S/C8H6O2/c9-8-2-1-6-5-10-4-3-7(6)8/h1-5,9H. The van der Waals surface area contributed by atoms with Gasteiger partial charge in [-0.3, -0.25) is 0 Å². The molecule has 0 radical (unpaired) electrons. The molecule has 0 saturated heterocycles. The Labute approximate surface area is 58.1 Å². The summed E-state index contributed by atoms with van der Waals surface area (Å²) in [5.41, 5.74) is 1.77. The molecule has 0 saturated carbocycles. The van der Waals surface area contributed by atoms with E-state index in [0.717, 1.165) is 11.1 Å². The largest absolute Gasteiger partial charge is 0.507 e. The predicted molar refractivity (Wildman–Crippen MR) is 37.0 cm³/mol. The van der Waals surface area contributed by atoms with Crippen molar-refractivity contribution in [2.45, 2.75) is 0 Å². The van der Waals surface area contributed by atoms with Gasteiger partial charge in [-0.25, -0.2) is 0 Å². The molecule has 0 bridgehead atoms. The lowest BCUT2D eigenvalue weighted by molar-refractivity contribution is 0.477. The third-order valence-corrected chi connectivity index (χ3v) is 1.52. The van der Waals surface area contributed by atoms with Gasteiger partial charge in [0.2, 0.25) is 0 Å². The number of hydrogen-bond donors (Lipinski definition) is 1. The van der Waals surface area contributed by atoms with Crippen LogP contribution in [0.2, 0.25) is 0 Å². The van der Waals surface area contributed by atoms with Gasteiger partial charge in [-0.1, -0.05) is 0 Å². The van der Waals surface area contributed by atoms with Gasteiger partial charge in [0.25, 0.3) is 0 Å².